The molecule has 4 nitrogen and oxygen atoms in total. The first-order valence-corrected chi connectivity index (χ1v) is 5.48. The Hall–Kier alpha value is -2.44. The van der Waals surface area contributed by atoms with Gasteiger partial charge >= 0.3 is 12.2 Å². The van der Waals surface area contributed by atoms with Gasteiger partial charge in [-0.05, 0) is 17.7 Å². The van der Waals surface area contributed by atoms with Gasteiger partial charge < -0.3 is 4.74 Å². The molecule has 0 N–H and O–H groups in total. The van der Waals surface area contributed by atoms with Gasteiger partial charge in [-0.25, -0.2) is 9.97 Å². The zero-order chi connectivity index (χ0) is 14.8. The van der Waals surface area contributed by atoms with Crippen LogP contribution >= 0.6 is 0 Å². The van der Waals surface area contributed by atoms with E-state index in [1.807, 2.05) is 0 Å². The van der Waals surface area contributed by atoms with Crippen LogP contribution in [0.3, 0.4) is 0 Å². The molecule has 0 radical (unpaired) electrons. The predicted molar refractivity (Wildman–Crippen MR) is 64.4 cm³/mol. The van der Waals surface area contributed by atoms with Crippen LogP contribution in [0.2, 0.25) is 0 Å². The van der Waals surface area contributed by atoms with E-state index in [9.17, 15) is 18.0 Å². The lowest BCUT2D eigenvalue weighted by molar-refractivity contribution is -0.137. The molecule has 0 atom stereocenters. The minimum absolute atomic E-state index is 0.0754. The van der Waals surface area contributed by atoms with Crippen molar-refractivity contribution in [1.29, 1.82) is 0 Å². The van der Waals surface area contributed by atoms with Gasteiger partial charge in [0, 0.05) is 23.5 Å². The zero-order valence-corrected chi connectivity index (χ0v) is 10.3. The van der Waals surface area contributed by atoms with E-state index in [2.05, 4.69) is 9.97 Å². The van der Waals surface area contributed by atoms with Gasteiger partial charge in [0.25, 0.3) is 0 Å². The molecule has 1 aromatic carbocycles. The van der Waals surface area contributed by atoms with Gasteiger partial charge in [0.1, 0.15) is 0 Å². The van der Waals surface area contributed by atoms with Gasteiger partial charge in [-0.2, -0.15) is 13.2 Å². The summed E-state index contributed by atoms with van der Waals surface area (Å²) < 4.78 is 42.5. The standard InChI is InChI=1S/C13H9F3N2O2/c1-20-12-17-5-9(6-18-12)11-3-2-10(13(14,15)16)4-8(11)7-19/h2-7H,1H3. The molecule has 0 amide bonds. The number of halogens is 3. The molecule has 0 aliphatic carbocycles. The smallest absolute Gasteiger partial charge is 0.416 e. The largest absolute Gasteiger partial charge is 0.467 e. The molecule has 0 saturated heterocycles. The summed E-state index contributed by atoms with van der Waals surface area (Å²) in [7, 11) is 1.39. The highest BCUT2D eigenvalue weighted by Gasteiger charge is 2.31. The van der Waals surface area contributed by atoms with Crippen LogP contribution in [0.4, 0.5) is 13.2 Å². The molecule has 1 aromatic heterocycles. The Kier molecular flexibility index (Phi) is 3.69. The molecule has 2 aromatic rings. The second-order valence-corrected chi connectivity index (χ2v) is 3.88. The van der Waals surface area contributed by atoms with Crippen LogP contribution < -0.4 is 4.74 Å². The Morgan fingerprint density at radius 2 is 1.85 bits per heavy atom. The van der Waals surface area contributed by atoms with Crippen molar-refractivity contribution >= 4 is 6.29 Å². The number of hydrogen-bond donors (Lipinski definition) is 0. The van der Waals surface area contributed by atoms with Crippen molar-refractivity contribution in [1.82, 2.24) is 9.97 Å². The van der Waals surface area contributed by atoms with Crippen LogP contribution in [0.1, 0.15) is 15.9 Å². The maximum atomic E-state index is 12.6. The Bertz CT molecular complexity index is 625. The third kappa shape index (κ3) is 2.76. The SMILES string of the molecule is COc1ncc(-c2ccc(C(F)(F)F)cc2C=O)cn1. The molecule has 0 unspecified atom stereocenters. The first-order chi connectivity index (χ1) is 9.45. The molecule has 0 aliphatic heterocycles. The quantitative estimate of drug-likeness (QED) is 0.812. The highest BCUT2D eigenvalue weighted by molar-refractivity contribution is 5.87. The van der Waals surface area contributed by atoms with Crippen molar-refractivity contribution in [3.63, 3.8) is 0 Å². The summed E-state index contributed by atoms with van der Waals surface area (Å²) >= 11 is 0. The third-order valence-corrected chi connectivity index (χ3v) is 2.63. The van der Waals surface area contributed by atoms with E-state index < -0.39 is 11.7 Å². The molecule has 2 rings (SSSR count). The number of aldehydes is 1. The van der Waals surface area contributed by atoms with Crippen LogP contribution in [-0.4, -0.2) is 23.4 Å². The molecule has 1 heterocycles. The molecule has 104 valence electrons. The summed E-state index contributed by atoms with van der Waals surface area (Å²) in [6.07, 6.45) is -1.37. The van der Waals surface area contributed by atoms with Gasteiger partial charge in [0.2, 0.25) is 0 Å². The fourth-order valence-electron chi connectivity index (χ4n) is 1.66. The molecular formula is C13H9F3N2O2. The minimum Gasteiger partial charge on any atom is -0.467 e. The number of hydrogen-bond acceptors (Lipinski definition) is 4. The third-order valence-electron chi connectivity index (χ3n) is 2.63. The summed E-state index contributed by atoms with van der Waals surface area (Å²) in [5, 5.41) is 0. The second kappa shape index (κ2) is 5.28. The zero-order valence-electron chi connectivity index (χ0n) is 10.3. The van der Waals surface area contributed by atoms with Gasteiger partial charge in [-0.1, -0.05) is 6.07 Å². The maximum absolute atomic E-state index is 12.6. The van der Waals surface area contributed by atoms with Gasteiger partial charge in [0.05, 0.1) is 12.7 Å². The number of aromatic nitrogens is 2. The Morgan fingerprint density at radius 3 is 2.35 bits per heavy atom. The minimum atomic E-state index is -4.49. The van der Waals surface area contributed by atoms with E-state index in [0.717, 1.165) is 12.1 Å². The van der Waals surface area contributed by atoms with Crippen LogP contribution in [0.15, 0.2) is 30.6 Å². The first kappa shape index (κ1) is 14.0. The molecule has 0 saturated carbocycles. The topological polar surface area (TPSA) is 52.1 Å². The van der Waals surface area contributed by atoms with Crippen LogP contribution in [0.5, 0.6) is 6.01 Å². The summed E-state index contributed by atoms with van der Waals surface area (Å²) in [6.45, 7) is 0. The van der Waals surface area contributed by atoms with Crippen molar-refractivity contribution in [2.45, 2.75) is 6.18 Å². The molecular weight excluding hydrogens is 273 g/mol. The van der Waals surface area contributed by atoms with Crippen LogP contribution in [0.25, 0.3) is 11.1 Å². The molecule has 0 aliphatic rings. The fourth-order valence-corrected chi connectivity index (χ4v) is 1.66. The Labute approximate surface area is 112 Å². The average Bonchev–Trinajstić information content (AvgIpc) is 2.45. The fraction of sp³-hybridized carbons (Fsp3) is 0.154. The number of rotatable bonds is 3. The number of alkyl halides is 3. The summed E-state index contributed by atoms with van der Waals surface area (Å²) in [4.78, 5) is 18.7. The van der Waals surface area contributed by atoms with E-state index in [0.29, 0.717) is 17.4 Å². The van der Waals surface area contributed by atoms with Crippen molar-refractivity contribution in [2.75, 3.05) is 7.11 Å². The van der Waals surface area contributed by atoms with Gasteiger partial charge in [0.15, 0.2) is 6.29 Å². The Morgan fingerprint density at radius 1 is 1.20 bits per heavy atom. The number of nitrogens with zero attached hydrogens (tertiary/aromatic N) is 2. The number of ether oxygens (including phenoxy) is 1. The lowest BCUT2D eigenvalue weighted by Gasteiger charge is -2.10. The van der Waals surface area contributed by atoms with Crippen molar-refractivity contribution in [3.8, 4) is 17.1 Å². The van der Waals surface area contributed by atoms with E-state index >= 15 is 0 Å². The van der Waals surface area contributed by atoms with E-state index in [4.69, 9.17) is 4.74 Å². The lowest BCUT2D eigenvalue weighted by Crippen LogP contribution is -2.06. The van der Waals surface area contributed by atoms with E-state index in [-0.39, 0.29) is 11.6 Å². The predicted octanol–water partition coefficient (Wildman–Crippen LogP) is 2.98. The van der Waals surface area contributed by atoms with E-state index in [1.54, 1.807) is 0 Å². The number of carbonyl (C=O) groups is 1. The van der Waals surface area contributed by atoms with E-state index in [1.165, 1.54) is 25.6 Å². The summed E-state index contributed by atoms with van der Waals surface area (Å²) in [5.41, 5.74) is -0.191. The van der Waals surface area contributed by atoms with Gasteiger partial charge in [-0.15, -0.1) is 0 Å². The van der Waals surface area contributed by atoms with Crippen LogP contribution in [-0.2, 0) is 6.18 Å². The average molecular weight is 282 g/mol. The van der Waals surface area contributed by atoms with Gasteiger partial charge in [-0.3, -0.25) is 4.79 Å². The number of carbonyl (C=O) groups excluding carboxylic acids is 1. The highest BCUT2D eigenvalue weighted by Crippen LogP contribution is 2.32. The normalized spacial score (nSPS) is 11.2. The van der Waals surface area contributed by atoms with Crippen LogP contribution in [0, 0.1) is 0 Å². The Balaban J connectivity index is 2.48. The summed E-state index contributed by atoms with van der Waals surface area (Å²) in [5.74, 6) is 0. The molecule has 20 heavy (non-hydrogen) atoms. The first-order valence-electron chi connectivity index (χ1n) is 5.48. The molecule has 0 bridgehead atoms. The highest BCUT2D eigenvalue weighted by atomic mass is 19.4. The monoisotopic (exact) mass is 282 g/mol. The second-order valence-electron chi connectivity index (χ2n) is 3.88. The number of benzene rings is 1. The number of methoxy groups -OCH3 is 1. The molecule has 7 heteroatoms. The summed E-state index contributed by atoms with van der Waals surface area (Å²) in [6, 6.07) is 3.06. The molecule has 0 fully saturated rings. The molecule has 0 spiro atoms. The van der Waals surface area contributed by atoms with Crippen molar-refractivity contribution in [2.24, 2.45) is 0 Å². The maximum Gasteiger partial charge on any atom is 0.416 e. The lowest BCUT2D eigenvalue weighted by atomic mass is 10.00. The van der Waals surface area contributed by atoms with Crippen molar-refractivity contribution in [3.05, 3.63) is 41.7 Å². The van der Waals surface area contributed by atoms with Crippen molar-refractivity contribution < 1.29 is 22.7 Å².